The first-order valence-electron chi connectivity index (χ1n) is 5.31. The Morgan fingerprint density at radius 1 is 1.40 bits per heavy atom. The molecule has 0 aliphatic carbocycles. The molecular formula is C11H20N4. The Balaban J connectivity index is 2.33. The summed E-state index contributed by atoms with van der Waals surface area (Å²) in [6.45, 7) is 2.13. The fourth-order valence-electron chi connectivity index (χ4n) is 1.40. The molecule has 3 N–H and O–H groups in total. The summed E-state index contributed by atoms with van der Waals surface area (Å²) >= 11 is 0. The molecule has 1 heterocycles. The Labute approximate surface area is 91.5 Å². The highest BCUT2D eigenvalue weighted by molar-refractivity contribution is 5.47. The van der Waals surface area contributed by atoms with Crippen molar-refractivity contribution in [3.63, 3.8) is 0 Å². The van der Waals surface area contributed by atoms with Gasteiger partial charge < -0.3 is 16.0 Å². The number of hydrogen-bond acceptors (Lipinski definition) is 4. The van der Waals surface area contributed by atoms with Crippen molar-refractivity contribution in [2.75, 3.05) is 37.8 Å². The van der Waals surface area contributed by atoms with Crippen LogP contribution < -0.4 is 16.0 Å². The largest absolute Gasteiger partial charge is 0.384 e. The Morgan fingerprint density at radius 2 is 2.20 bits per heavy atom. The van der Waals surface area contributed by atoms with Crippen molar-refractivity contribution in [3.8, 4) is 0 Å². The maximum absolute atomic E-state index is 5.53. The van der Waals surface area contributed by atoms with Crippen LogP contribution in [0.3, 0.4) is 0 Å². The zero-order valence-electron chi connectivity index (χ0n) is 9.53. The Morgan fingerprint density at radius 3 is 2.80 bits per heavy atom. The van der Waals surface area contributed by atoms with Gasteiger partial charge in [-0.1, -0.05) is 0 Å². The topological polar surface area (TPSA) is 54.2 Å². The van der Waals surface area contributed by atoms with Crippen LogP contribution in [0.4, 0.5) is 11.5 Å². The van der Waals surface area contributed by atoms with Crippen LogP contribution in [0.15, 0.2) is 18.3 Å². The van der Waals surface area contributed by atoms with E-state index >= 15 is 0 Å². The molecule has 0 aromatic carbocycles. The molecule has 1 aromatic rings. The number of aromatic nitrogens is 1. The smallest absolute Gasteiger partial charge is 0.123 e. The van der Waals surface area contributed by atoms with E-state index in [1.807, 2.05) is 25.4 Å². The van der Waals surface area contributed by atoms with Gasteiger partial charge in [0, 0.05) is 13.6 Å². The second kappa shape index (κ2) is 6.24. The number of nitrogens with zero attached hydrogens (tertiary/aromatic N) is 2. The average molecular weight is 208 g/mol. The Bertz CT molecular complexity index is 270. The van der Waals surface area contributed by atoms with Crippen molar-refractivity contribution >= 4 is 11.5 Å². The van der Waals surface area contributed by atoms with E-state index in [0.29, 0.717) is 5.82 Å². The fourth-order valence-corrected chi connectivity index (χ4v) is 1.40. The highest BCUT2D eigenvalue weighted by Crippen LogP contribution is 2.12. The van der Waals surface area contributed by atoms with Crippen LogP contribution in [0.1, 0.15) is 12.8 Å². The molecular weight excluding hydrogens is 188 g/mol. The average Bonchev–Trinajstić information content (AvgIpc) is 2.25. The molecule has 0 saturated carbocycles. The summed E-state index contributed by atoms with van der Waals surface area (Å²) in [7, 11) is 4.06. The number of nitrogens with two attached hydrogens (primary N) is 1. The number of nitrogens with one attached hydrogen (secondary N) is 1. The van der Waals surface area contributed by atoms with Gasteiger partial charge in [0.2, 0.25) is 0 Å². The highest BCUT2D eigenvalue weighted by atomic mass is 15.1. The molecule has 4 heteroatoms. The number of unbranched alkanes of at least 4 members (excludes halogenated alkanes) is 1. The zero-order valence-corrected chi connectivity index (χ0v) is 9.53. The van der Waals surface area contributed by atoms with Crippen molar-refractivity contribution in [1.29, 1.82) is 0 Å². The molecule has 0 saturated heterocycles. The molecule has 0 radical (unpaired) electrons. The number of nitrogen functional groups attached to an aromatic ring is 1. The van der Waals surface area contributed by atoms with Gasteiger partial charge in [-0.25, -0.2) is 4.98 Å². The second-order valence-corrected chi connectivity index (χ2v) is 3.67. The molecule has 0 amide bonds. The van der Waals surface area contributed by atoms with E-state index in [1.54, 1.807) is 0 Å². The SMILES string of the molecule is CNCCCCN(C)c1ccc(N)nc1. The fraction of sp³-hybridized carbons (Fsp3) is 0.545. The number of rotatable bonds is 6. The predicted octanol–water partition coefficient (Wildman–Crippen LogP) is 1.10. The number of pyridine rings is 1. The lowest BCUT2D eigenvalue weighted by Gasteiger charge is -2.18. The quantitative estimate of drug-likeness (QED) is 0.687. The number of anilines is 2. The van der Waals surface area contributed by atoms with E-state index < -0.39 is 0 Å². The molecule has 0 atom stereocenters. The molecule has 1 aromatic heterocycles. The van der Waals surface area contributed by atoms with Crippen LogP contribution in [-0.4, -0.2) is 32.2 Å². The normalized spacial score (nSPS) is 10.3. The lowest BCUT2D eigenvalue weighted by atomic mass is 10.3. The van der Waals surface area contributed by atoms with E-state index in [9.17, 15) is 0 Å². The monoisotopic (exact) mass is 208 g/mol. The maximum atomic E-state index is 5.53. The summed E-state index contributed by atoms with van der Waals surface area (Å²) in [6.07, 6.45) is 4.19. The summed E-state index contributed by atoms with van der Waals surface area (Å²) in [5.74, 6) is 0.572. The molecule has 0 fully saturated rings. The highest BCUT2D eigenvalue weighted by Gasteiger charge is 2.00. The van der Waals surface area contributed by atoms with Crippen molar-refractivity contribution in [2.24, 2.45) is 0 Å². The van der Waals surface area contributed by atoms with E-state index in [4.69, 9.17) is 5.73 Å². The standard InChI is InChI=1S/C11H20N4/c1-13-7-3-4-8-15(2)10-5-6-11(12)14-9-10/h5-6,9,13H,3-4,7-8H2,1-2H3,(H2,12,14). The summed E-state index contributed by atoms with van der Waals surface area (Å²) in [5, 5.41) is 3.14. The van der Waals surface area contributed by atoms with E-state index in [-0.39, 0.29) is 0 Å². The molecule has 0 aliphatic rings. The van der Waals surface area contributed by atoms with Gasteiger partial charge in [0.05, 0.1) is 11.9 Å². The minimum Gasteiger partial charge on any atom is -0.384 e. The van der Waals surface area contributed by atoms with Crippen molar-refractivity contribution in [2.45, 2.75) is 12.8 Å². The molecule has 0 unspecified atom stereocenters. The van der Waals surface area contributed by atoms with Crippen LogP contribution in [0, 0.1) is 0 Å². The van der Waals surface area contributed by atoms with Gasteiger partial charge in [-0.2, -0.15) is 0 Å². The summed E-state index contributed by atoms with van der Waals surface area (Å²) in [6, 6.07) is 3.83. The van der Waals surface area contributed by atoms with Crippen molar-refractivity contribution in [3.05, 3.63) is 18.3 Å². The van der Waals surface area contributed by atoms with Gasteiger partial charge in [-0.3, -0.25) is 0 Å². The first-order valence-corrected chi connectivity index (χ1v) is 5.31. The van der Waals surface area contributed by atoms with E-state index in [1.165, 1.54) is 12.8 Å². The first kappa shape index (κ1) is 11.8. The summed E-state index contributed by atoms with van der Waals surface area (Å²) in [5.41, 5.74) is 6.65. The summed E-state index contributed by atoms with van der Waals surface area (Å²) < 4.78 is 0. The van der Waals surface area contributed by atoms with Crippen molar-refractivity contribution in [1.82, 2.24) is 10.3 Å². The second-order valence-electron chi connectivity index (χ2n) is 3.67. The molecule has 1 rings (SSSR count). The third-order valence-electron chi connectivity index (χ3n) is 2.38. The van der Waals surface area contributed by atoms with Gasteiger partial charge in [-0.15, -0.1) is 0 Å². The minimum atomic E-state index is 0.572. The van der Waals surface area contributed by atoms with Gasteiger partial charge in [0.15, 0.2) is 0 Å². The first-order chi connectivity index (χ1) is 7.24. The van der Waals surface area contributed by atoms with Gasteiger partial charge in [-0.05, 0) is 38.6 Å². The third-order valence-corrected chi connectivity index (χ3v) is 2.38. The molecule has 0 aliphatic heterocycles. The van der Waals surface area contributed by atoms with E-state index in [2.05, 4.69) is 22.2 Å². The lowest BCUT2D eigenvalue weighted by Crippen LogP contribution is -2.20. The van der Waals surface area contributed by atoms with Gasteiger partial charge in [0.1, 0.15) is 5.82 Å². The van der Waals surface area contributed by atoms with Crippen LogP contribution in [0.5, 0.6) is 0 Å². The van der Waals surface area contributed by atoms with Gasteiger partial charge >= 0.3 is 0 Å². The molecule has 0 spiro atoms. The Kier molecular flexibility index (Phi) is 4.90. The van der Waals surface area contributed by atoms with Crippen molar-refractivity contribution < 1.29 is 0 Å². The summed E-state index contributed by atoms with van der Waals surface area (Å²) in [4.78, 5) is 6.26. The van der Waals surface area contributed by atoms with Crippen LogP contribution >= 0.6 is 0 Å². The molecule has 84 valence electrons. The Hall–Kier alpha value is -1.29. The molecule has 0 bridgehead atoms. The predicted molar refractivity (Wildman–Crippen MR) is 65.1 cm³/mol. The van der Waals surface area contributed by atoms with Crippen LogP contribution in [0.2, 0.25) is 0 Å². The molecule has 15 heavy (non-hydrogen) atoms. The molecule has 4 nitrogen and oxygen atoms in total. The minimum absolute atomic E-state index is 0.572. The van der Waals surface area contributed by atoms with Crippen LogP contribution in [-0.2, 0) is 0 Å². The van der Waals surface area contributed by atoms with Gasteiger partial charge in [0.25, 0.3) is 0 Å². The van der Waals surface area contributed by atoms with E-state index in [0.717, 1.165) is 18.8 Å². The third kappa shape index (κ3) is 4.16. The lowest BCUT2D eigenvalue weighted by molar-refractivity contribution is 0.671. The number of hydrogen-bond donors (Lipinski definition) is 2. The zero-order chi connectivity index (χ0) is 11.1. The van der Waals surface area contributed by atoms with Crippen LogP contribution in [0.25, 0.3) is 0 Å². The maximum Gasteiger partial charge on any atom is 0.123 e.